The number of benzene rings is 1. The minimum atomic E-state index is 0.349. The van der Waals surface area contributed by atoms with E-state index >= 15 is 0 Å². The van der Waals surface area contributed by atoms with Gasteiger partial charge in [-0.25, -0.2) is 4.98 Å². The number of aryl methyl sites for hydroxylation is 1. The van der Waals surface area contributed by atoms with E-state index in [0.717, 1.165) is 43.2 Å². The smallest absolute Gasteiger partial charge is 0.222 e. The highest BCUT2D eigenvalue weighted by molar-refractivity contribution is 5.45. The maximum atomic E-state index is 5.76. The first kappa shape index (κ1) is 14.6. The van der Waals surface area contributed by atoms with Gasteiger partial charge in [0.15, 0.2) is 0 Å². The Balaban J connectivity index is 1.72. The molecule has 3 rings (SSSR count). The molecule has 0 saturated carbocycles. The number of anilines is 2. The summed E-state index contributed by atoms with van der Waals surface area (Å²) in [7, 11) is 1.74. The largest absolute Gasteiger partial charge is 0.496 e. The van der Waals surface area contributed by atoms with E-state index in [0.29, 0.717) is 11.9 Å². The molecule has 5 nitrogen and oxygen atoms in total. The minimum Gasteiger partial charge on any atom is -0.496 e. The summed E-state index contributed by atoms with van der Waals surface area (Å²) < 4.78 is 5.49. The molecule has 1 aliphatic rings. The van der Waals surface area contributed by atoms with E-state index in [4.69, 9.17) is 10.5 Å². The van der Waals surface area contributed by atoms with Crippen molar-refractivity contribution < 1.29 is 4.74 Å². The van der Waals surface area contributed by atoms with Gasteiger partial charge in [-0.15, -0.1) is 0 Å². The first-order chi connectivity index (χ1) is 10.7. The number of piperidine rings is 1. The van der Waals surface area contributed by atoms with E-state index in [1.807, 2.05) is 25.1 Å². The molecule has 2 N–H and O–H groups in total. The van der Waals surface area contributed by atoms with Gasteiger partial charge in [0.1, 0.15) is 11.6 Å². The minimum absolute atomic E-state index is 0.349. The van der Waals surface area contributed by atoms with Crippen LogP contribution >= 0.6 is 0 Å². The van der Waals surface area contributed by atoms with Crippen LogP contribution in [-0.2, 0) is 0 Å². The van der Waals surface area contributed by atoms with Gasteiger partial charge in [-0.2, -0.15) is 4.98 Å². The predicted molar refractivity (Wildman–Crippen MR) is 88.4 cm³/mol. The highest BCUT2D eigenvalue weighted by atomic mass is 16.5. The van der Waals surface area contributed by atoms with Gasteiger partial charge in [-0.3, -0.25) is 0 Å². The highest BCUT2D eigenvalue weighted by Gasteiger charge is 2.23. The Kier molecular flexibility index (Phi) is 4.13. The Morgan fingerprint density at radius 3 is 2.59 bits per heavy atom. The second-order valence-electron chi connectivity index (χ2n) is 5.73. The fourth-order valence-corrected chi connectivity index (χ4v) is 3.16. The third kappa shape index (κ3) is 2.98. The first-order valence-electron chi connectivity index (χ1n) is 7.66. The number of nitrogens with zero attached hydrogens (tertiary/aromatic N) is 3. The summed E-state index contributed by atoms with van der Waals surface area (Å²) in [5.74, 6) is 2.81. The standard InChI is InChI=1S/C17H22N4O/c1-12-11-16(20-17(18)19-12)21-9-7-13(8-10-21)14-5-3-4-6-15(14)22-2/h3-6,11,13H,7-10H2,1-2H3,(H2,18,19,20). The molecule has 0 amide bonds. The number of para-hydroxylation sites is 1. The fraction of sp³-hybridized carbons (Fsp3) is 0.412. The Bertz CT molecular complexity index is 631. The molecule has 0 spiro atoms. The molecular formula is C17H22N4O. The summed E-state index contributed by atoms with van der Waals surface area (Å²) in [6.07, 6.45) is 2.17. The van der Waals surface area contributed by atoms with Gasteiger partial charge in [0.25, 0.3) is 0 Å². The van der Waals surface area contributed by atoms with Crippen LogP contribution in [-0.4, -0.2) is 30.2 Å². The first-order valence-corrected chi connectivity index (χ1v) is 7.66. The molecule has 22 heavy (non-hydrogen) atoms. The second-order valence-corrected chi connectivity index (χ2v) is 5.73. The van der Waals surface area contributed by atoms with Crippen LogP contribution in [0, 0.1) is 6.92 Å². The number of hydrogen-bond acceptors (Lipinski definition) is 5. The van der Waals surface area contributed by atoms with E-state index in [2.05, 4.69) is 27.0 Å². The lowest BCUT2D eigenvalue weighted by Crippen LogP contribution is -2.33. The summed E-state index contributed by atoms with van der Waals surface area (Å²) in [5.41, 5.74) is 7.98. The van der Waals surface area contributed by atoms with Crippen LogP contribution in [0.25, 0.3) is 0 Å². The Labute approximate surface area is 131 Å². The van der Waals surface area contributed by atoms with Crippen LogP contribution in [0.1, 0.15) is 30.0 Å². The number of hydrogen-bond donors (Lipinski definition) is 1. The zero-order valence-electron chi connectivity index (χ0n) is 13.1. The van der Waals surface area contributed by atoms with Gasteiger partial charge in [-0.05, 0) is 37.3 Å². The average Bonchev–Trinajstić information content (AvgIpc) is 2.54. The van der Waals surface area contributed by atoms with Crippen LogP contribution < -0.4 is 15.4 Å². The van der Waals surface area contributed by atoms with Crippen molar-refractivity contribution in [3.05, 3.63) is 41.6 Å². The lowest BCUT2D eigenvalue weighted by Gasteiger charge is -2.33. The van der Waals surface area contributed by atoms with Gasteiger partial charge < -0.3 is 15.4 Å². The molecule has 1 fully saturated rings. The van der Waals surface area contributed by atoms with Crippen molar-refractivity contribution in [2.45, 2.75) is 25.7 Å². The van der Waals surface area contributed by atoms with Crippen LogP contribution in [0.5, 0.6) is 5.75 Å². The van der Waals surface area contributed by atoms with Crippen molar-refractivity contribution in [3.63, 3.8) is 0 Å². The van der Waals surface area contributed by atoms with Crippen LogP contribution in [0.4, 0.5) is 11.8 Å². The number of nitrogen functional groups attached to an aromatic ring is 1. The molecule has 1 aliphatic heterocycles. The third-order valence-electron chi connectivity index (χ3n) is 4.26. The number of aromatic nitrogens is 2. The van der Waals surface area contributed by atoms with Gasteiger partial charge in [-0.1, -0.05) is 18.2 Å². The predicted octanol–water partition coefficient (Wildman–Crippen LogP) is 2.76. The van der Waals surface area contributed by atoms with Crippen molar-refractivity contribution >= 4 is 11.8 Å². The monoisotopic (exact) mass is 298 g/mol. The van der Waals surface area contributed by atoms with E-state index in [1.54, 1.807) is 7.11 Å². The maximum Gasteiger partial charge on any atom is 0.222 e. The van der Waals surface area contributed by atoms with Gasteiger partial charge in [0, 0.05) is 24.8 Å². The van der Waals surface area contributed by atoms with Gasteiger partial charge in [0.2, 0.25) is 5.95 Å². The van der Waals surface area contributed by atoms with Crippen molar-refractivity contribution in [3.8, 4) is 5.75 Å². The lowest BCUT2D eigenvalue weighted by atomic mass is 9.89. The Morgan fingerprint density at radius 1 is 1.18 bits per heavy atom. The lowest BCUT2D eigenvalue weighted by molar-refractivity contribution is 0.397. The maximum absolute atomic E-state index is 5.76. The van der Waals surface area contributed by atoms with Crippen molar-refractivity contribution in [1.29, 1.82) is 0 Å². The number of ether oxygens (including phenoxy) is 1. The van der Waals surface area contributed by atoms with Crippen molar-refractivity contribution in [2.24, 2.45) is 0 Å². The topological polar surface area (TPSA) is 64.3 Å². The highest BCUT2D eigenvalue weighted by Crippen LogP contribution is 2.35. The average molecular weight is 298 g/mol. The zero-order chi connectivity index (χ0) is 15.5. The molecule has 0 radical (unpaired) electrons. The summed E-state index contributed by atoms with van der Waals surface area (Å²) in [4.78, 5) is 10.8. The molecule has 116 valence electrons. The van der Waals surface area contributed by atoms with Gasteiger partial charge >= 0.3 is 0 Å². The summed E-state index contributed by atoms with van der Waals surface area (Å²) in [5, 5.41) is 0. The molecular weight excluding hydrogens is 276 g/mol. The molecule has 1 aromatic heterocycles. The summed E-state index contributed by atoms with van der Waals surface area (Å²) in [6, 6.07) is 10.3. The zero-order valence-corrected chi connectivity index (χ0v) is 13.1. The molecule has 1 aromatic carbocycles. The molecule has 0 atom stereocenters. The normalized spacial score (nSPS) is 15.8. The molecule has 0 unspecified atom stereocenters. The molecule has 2 aromatic rings. The van der Waals surface area contributed by atoms with Crippen molar-refractivity contribution in [2.75, 3.05) is 30.8 Å². The quantitative estimate of drug-likeness (QED) is 0.944. The van der Waals surface area contributed by atoms with E-state index in [1.165, 1.54) is 5.56 Å². The summed E-state index contributed by atoms with van der Waals surface area (Å²) in [6.45, 7) is 3.89. The van der Waals surface area contributed by atoms with E-state index in [9.17, 15) is 0 Å². The molecule has 0 bridgehead atoms. The molecule has 0 aliphatic carbocycles. The SMILES string of the molecule is COc1ccccc1C1CCN(c2cc(C)nc(N)n2)CC1. The Hall–Kier alpha value is -2.30. The van der Waals surface area contributed by atoms with Crippen LogP contribution in [0.3, 0.4) is 0 Å². The molecule has 1 saturated heterocycles. The molecule has 5 heteroatoms. The van der Waals surface area contributed by atoms with E-state index < -0.39 is 0 Å². The Morgan fingerprint density at radius 2 is 1.91 bits per heavy atom. The number of rotatable bonds is 3. The number of methoxy groups -OCH3 is 1. The number of nitrogens with two attached hydrogens (primary N) is 1. The fourth-order valence-electron chi connectivity index (χ4n) is 3.16. The van der Waals surface area contributed by atoms with Crippen LogP contribution in [0.2, 0.25) is 0 Å². The van der Waals surface area contributed by atoms with Gasteiger partial charge in [0.05, 0.1) is 7.11 Å². The third-order valence-corrected chi connectivity index (χ3v) is 4.26. The second kappa shape index (κ2) is 6.22. The van der Waals surface area contributed by atoms with Crippen LogP contribution in [0.15, 0.2) is 30.3 Å². The van der Waals surface area contributed by atoms with E-state index in [-0.39, 0.29) is 0 Å². The van der Waals surface area contributed by atoms with Crippen molar-refractivity contribution in [1.82, 2.24) is 9.97 Å². The summed E-state index contributed by atoms with van der Waals surface area (Å²) >= 11 is 0. The molecule has 2 heterocycles.